The third kappa shape index (κ3) is 3.02. The van der Waals surface area contributed by atoms with Crippen molar-refractivity contribution in [1.82, 2.24) is 5.32 Å². The van der Waals surface area contributed by atoms with E-state index in [1.165, 1.54) is 16.8 Å². The van der Waals surface area contributed by atoms with E-state index in [0.717, 1.165) is 26.1 Å². The highest BCUT2D eigenvalue weighted by molar-refractivity contribution is 5.54. The fraction of sp³-hybridized carbons (Fsp3) is 0.533. The van der Waals surface area contributed by atoms with Gasteiger partial charge in [0.25, 0.3) is 0 Å². The zero-order valence-electron chi connectivity index (χ0n) is 11.2. The predicted molar refractivity (Wildman–Crippen MR) is 74.8 cm³/mol. The summed E-state index contributed by atoms with van der Waals surface area (Å²) in [6, 6.07) is 9.17. The molecule has 3 heteroatoms. The molecule has 18 heavy (non-hydrogen) atoms. The molecule has 1 aromatic rings. The van der Waals surface area contributed by atoms with Gasteiger partial charge in [-0.2, -0.15) is 5.26 Å². The van der Waals surface area contributed by atoms with Gasteiger partial charge in [0.05, 0.1) is 12.5 Å². The summed E-state index contributed by atoms with van der Waals surface area (Å²) in [6.07, 6.45) is 1.72. The maximum Gasteiger partial charge on any atom is 0.0638 e. The van der Waals surface area contributed by atoms with E-state index in [2.05, 4.69) is 48.3 Å². The molecule has 0 saturated carbocycles. The smallest absolute Gasteiger partial charge is 0.0638 e. The molecule has 1 atom stereocenters. The first-order valence-electron chi connectivity index (χ1n) is 6.63. The molecule has 1 aromatic carbocycles. The Morgan fingerprint density at radius 3 is 3.00 bits per heavy atom. The Balaban J connectivity index is 2.17. The van der Waals surface area contributed by atoms with Crippen LogP contribution < -0.4 is 10.2 Å². The van der Waals surface area contributed by atoms with Crippen molar-refractivity contribution >= 4 is 5.69 Å². The summed E-state index contributed by atoms with van der Waals surface area (Å²) in [5, 5.41) is 12.3. The number of rotatable bonds is 2. The second-order valence-electron chi connectivity index (χ2n) is 5.10. The lowest BCUT2D eigenvalue weighted by Gasteiger charge is -2.27. The normalized spacial score (nSPS) is 20.3. The van der Waals surface area contributed by atoms with Gasteiger partial charge >= 0.3 is 0 Å². The third-order valence-electron chi connectivity index (χ3n) is 3.51. The first-order valence-corrected chi connectivity index (χ1v) is 6.63. The summed E-state index contributed by atoms with van der Waals surface area (Å²) < 4.78 is 0. The molecule has 96 valence electrons. The Morgan fingerprint density at radius 2 is 2.28 bits per heavy atom. The van der Waals surface area contributed by atoms with Crippen LogP contribution in [-0.4, -0.2) is 25.7 Å². The number of benzene rings is 1. The van der Waals surface area contributed by atoms with Crippen LogP contribution in [0.2, 0.25) is 0 Å². The van der Waals surface area contributed by atoms with Crippen LogP contribution in [0.15, 0.2) is 18.2 Å². The maximum absolute atomic E-state index is 8.85. The van der Waals surface area contributed by atoms with Crippen LogP contribution in [0, 0.1) is 25.2 Å². The zero-order valence-corrected chi connectivity index (χ0v) is 11.2. The van der Waals surface area contributed by atoms with Crippen molar-refractivity contribution in [2.45, 2.75) is 32.7 Å². The molecular formula is C15H21N3. The topological polar surface area (TPSA) is 39.1 Å². The van der Waals surface area contributed by atoms with Crippen molar-refractivity contribution in [3.63, 3.8) is 0 Å². The van der Waals surface area contributed by atoms with Crippen molar-refractivity contribution in [2.75, 3.05) is 24.5 Å². The fourth-order valence-electron chi connectivity index (χ4n) is 2.62. The molecule has 2 rings (SSSR count). The average molecular weight is 243 g/mol. The monoisotopic (exact) mass is 243 g/mol. The van der Waals surface area contributed by atoms with Gasteiger partial charge in [-0.3, -0.25) is 0 Å². The minimum absolute atomic E-state index is 0.290. The molecule has 1 heterocycles. The van der Waals surface area contributed by atoms with Gasteiger partial charge < -0.3 is 10.2 Å². The Morgan fingerprint density at radius 1 is 1.44 bits per heavy atom. The van der Waals surface area contributed by atoms with Crippen LogP contribution >= 0.6 is 0 Å². The Kier molecular flexibility index (Phi) is 4.22. The summed E-state index contributed by atoms with van der Waals surface area (Å²) in [7, 11) is 0. The minimum Gasteiger partial charge on any atom is -0.370 e. The largest absolute Gasteiger partial charge is 0.370 e. The predicted octanol–water partition coefficient (Wildman–Crippen LogP) is 2.39. The summed E-state index contributed by atoms with van der Waals surface area (Å²) in [4.78, 5) is 2.41. The number of hydrogen-bond acceptors (Lipinski definition) is 3. The number of anilines is 1. The van der Waals surface area contributed by atoms with Crippen LogP contribution in [0.5, 0.6) is 0 Å². The van der Waals surface area contributed by atoms with Crippen LogP contribution in [0.25, 0.3) is 0 Å². The van der Waals surface area contributed by atoms with E-state index in [-0.39, 0.29) is 0 Å². The van der Waals surface area contributed by atoms with Crippen LogP contribution in [0.1, 0.15) is 24.0 Å². The standard InChI is InChI=1S/C15H21N3/c1-12-4-5-15(13(2)10-12)18-9-3-8-17-14(11-18)6-7-16/h4-5,10,14,17H,3,6,8-9,11H2,1-2H3. The number of nitrogens with zero attached hydrogens (tertiary/aromatic N) is 2. The zero-order chi connectivity index (χ0) is 13.0. The van der Waals surface area contributed by atoms with Crippen LogP contribution in [0.4, 0.5) is 5.69 Å². The molecule has 1 N–H and O–H groups in total. The lowest BCUT2D eigenvalue weighted by molar-refractivity contribution is 0.552. The molecule has 0 bridgehead atoms. The van der Waals surface area contributed by atoms with E-state index < -0.39 is 0 Å². The van der Waals surface area contributed by atoms with Gasteiger partial charge in [0.1, 0.15) is 0 Å². The summed E-state index contributed by atoms with van der Waals surface area (Å²) in [5.74, 6) is 0. The highest BCUT2D eigenvalue weighted by Gasteiger charge is 2.18. The van der Waals surface area contributed by atoms with Crippen molar-refractivity contribution in [3.8, 4) is 6.07 Å². The van der Waals surface area contributed by atoms with E-state index in [1.54, 1.807) is 0 Å². The van der Waals surface area contributed by atoms with Crippen molar-refractivity contribution in [2.24, 2.45) is 0 Å². The molecular weight excluding hydrogens is 222 g/mol. The first-order chi connectivity index (χ1) is 8.70. The molecule has 0 spiro atoms. The highest BCUT2D eigenvalue weighted by Crippen LogP contribution is 2.22. The third-order valence-corrected chi connectivity index (χ3v) is 3.51. The molecule has 1 unspecified atom stereocenters. The van der Waals surface area contributed by atoms with Gasteiger partial charge in [0, 0.05) is 24.8 Å². The Bertz CT molecular complexity index is 448. The maximum atomic E-state index is 8.85. The van der Waals surface area contributed by atoms with E-state index in [4.69, 9.17) is 5.26 Å². The van der Waals surface area contributed by atoms with Crippen molar-refractivity contribution in [1.29, 1.82) is 5.26 Å². The molecule has 3 nitrogen and oxygen atoms in total. The van der Waals surface area contributed by atoms with Crippen molar-refractivity contribution in [3.05, 3.63) is 29.3 Å². The molecule has 1 fully saturated rings. The minimum atomic E-state index is 0.290. The number of nitriles is 1. The summed E-state index contributed by atoms with van der Waals surface area (Å²) >= 11 is 0. The van der Waals surface area contributed by atoms with Crippen LogP contribution in [0.3, 0.4) is 0 Å². The molecule has 1 aliphatic heterocycles. The van der Waals surface area contributed by atoms with Gasteiger partial charge in [-0.1, -0.05) is 17.7 Å². The van der Waals surface area contributed by atoms with Gasteiger partial charge in [0.15, 0.2) is 0 Å². The number of hydrogen-bond donors (Lipinski definition) is 1. The van der Waals surface area contributed by atoms with Crippen LogP contribution in [-0.2, 0) is 0 Å². The quantitative estimate of drug-likeness (QED) is 0.867. The number of nitrogens with one attached hydrogen (secondary N) is 1. The lowest BCUT2D eigenvalue weighted by Crippen LogP contribution is -2.37. The van der Waals surface area contributed by atoms with E-state index >= 15 is 0 Å². The van der Waals surface area contributed by atoms with E-state index in [1.807, 2.05) is 0 Å². The molecule has 0 radical (unpaired) electrons. The molecule has 0 amide bonds. The second-order valence-corrected chi connectivity index (χ2v) is 5.10. The first kappa shape index (κ1) is 12.9. The highest BCUT2D eigenvalue weighted by atomic mass is 15.2. The Hall–Kier alpha value is -1.53. The average Bonchev–Trinajstić information content (AvgIpc) is 2.55. The van der Waals surface area contributed by atoms with Gasteiger partial charge in [-0.15, -0.1) is 0 Å². The lowest BCUT2D eigenvalue weighted by atomic mass is 10.1. The summed E-state index contributed by atoms with van der Waals surface area (Å²) in [6.45, 7) is 7.29. The summed E-state index contributed by atoms with van der Waals surface area (Å²) in [5.41, 5.74) is 3.94. The molecule has 1 aliphatic rings. The van der Waals surface area contributed by atoms with E-state index in [0.29, 0.717) is 12.5 Å². The molecule has 0 aromatic heterocycles. The van der Waals surface area contributed by atoms with Gasteiger partial charge in [0.2, 0.25) is 0 Å². The molecule has 1 saturated heterocycles. The van der Waals surface area contributed by atoms with Gasteiger partial charge in [-0.25, -0.2) is 0 Å². The SMILES string of the molecule is Cc1ccc(N2CCCNC(CC#N)C2)c(C)c1. The Labute approximate surface area is 109 Å². The van der Waals surface area contributed by atoms with E-state index in [9.17, 15) is 0 Å². The molecule has 0 aliphatic carbocycles. The number of aryl methyl sites for hydroxylation is 2. The van der Waals surface area contributed by atoms with Crippen molar-refractivity contribution < 1.29 is 0 Å². The second kappa shape index (κ2) is 5.88. The van der Waals surface area contributed by atoms with Gasteiger partial charge in [-0.05, 0) is 38.4 Å². The fourth-order valence-corrected chi connectivity index (χ4v) is 2.62.